The van der Waals surface area contributed by atoms with Gasteiger partial charge in [0.15, 0.2) is 0 Å². The fraction of sp³-hybridized carbons (Fsp3) is 0.567. The van der Waals surface area contributed by atoms with Crippen LogP contribution in [0.1, 0.15) is 129 Å². The number of hydrogen-bond acceptors (Lipinski definition) is 15. The maximum absolute atomic E-state index is 15.0. The van der Waals surface area contributed by atoms with E-state index in [1.807, 2.05) is 55.5 Å². The van der Waals surface area contributed by atoms with E-state index in [1.54, 1.807) is 20.9 Å². The molecule has 4 saturated heterocycles. The van der Waals surface area contributed by atoms with Crippen molar-refractivity contribution in [1.82, 2.24) is 41.7 Å². The predicted octanol–water partition coefficient (Wildman–Crippen LogP) is 2.73. The summed E-state index contributed by atoms with van der Waals surface area (Å²) in [5.41, 5.74) is 1.87. The number of rotatable bonds is 19. The number of amides is 7. The van der Waals surface area contributed by atoms with Crippen LogP contribution in [0.15, 0.2) is 72.8 Å². The first-order chi connectivity index (χ1) is 40.1. The van der Waals surface area contributed by atoms with Crippen LogP contribution in [-0.2, 0) is 48.4 Å². The quantitative estimate of drug-likeness (QED) is 0.101. The molecule has 6 heterocycles. The Hall–Kier alpha value is -6.92. The van der Waals surface area contributed by atoms with E-state index in [0.717, 1.165) is 11.1 Å². The molecule has 22 nitrogen and oxygen atoms in total. The number of benzene rings is 3. The van der Waals surface area contributed by atoms with Crippen molar-refractivity contribution in [3.8, 4) is 11.5 Å². The van der Waals surface area contributed by atoms with Crippen LogP contribution in [0, 0.1) is 23.7 Å². The lowest BCUT2D eigenvalue weighted by atomic mass is 9.82. The Morgan fingerprint density at radius 2 is 1.02 bits per heavy atom. The lowest BCUT2D eigenvalue weighted by molar-refractivity contribution is -0.145. The normalized spacial score (nSPS) is 25.1. The number of carbonyl (C=O) groups is 8. The Balaban J connectivity index is 0.909. The number of sulfone groups is 2. The number of nitrogens with one attached hydrogen (secondary N) is 6. The molecule has 0 aliphatic carbocycles. The molecule has 84 heavy (non-hydrogen) atoms. The van der Waals surface area contributed by atoms with Gasteiger partial charge in [-0.2, -0.15) is 0 Å². The van der Waals surface area contributed by atoms with Crippen molar-refractivity contribution in [3.63, 3.8) is 0 Å². The molecule has 9 rings (SSSR count). The first kappa shape index (κ1) is 61.6. The summed E-state index contributed by atoms with van der Waals surface area (Å²) in [5.74, 6) is -5.35. The molecule has 0 radical (unpaired) electrons. The van der Waals surface area contributed by atoms with Crippen molar-refractivity contribution in [2.24, 2.45) is 23.7 Å². The van der Waals surface area contributed by atoms with Crippen LogP contribution < -0.4 is 41.4 Å². The number of hydrogen-bond donors (Lipinski definition) is 6. The molecule has 10 atom stereocenters. The van der Waals surface area contributed by atoms with Crippen molar-refractivity contribution in [2.45, 2.75) is 133 Å². The van der Waals surface area contributed by atoms with Crippen LogP contribution in [-0.4, -0.2) is 166 Å². The van der Waals surface area contributed by atoms with Crippen molar-refractivity contribution in [2.75, 3.05) is 56.4 Å². The van der Waals surface area contributed by atoms with E-state index < -0.39 is 127 Å². The molecule has 6 aliphatic rings. The highest BCUT2D eigenvalue weighted by molar-refractivity contribution is 7.91. The molecule has 3 aromatic rings. The Kier molecular flexibility index (Phi) is 19.5. The summed E-state index contributed by atoms with van der Waals surface area (Å²) in [6, 6.07) is 14.2. The smallest absolute Gasteiger partial charge is 0.251 e. The number of Topliss-reactive ketones (excluding diaryl/α,β-unsaturated/α-hetero) is 1. The first-order valence-corrected chi connectivity index (χ1v) is 33.0. The molecule has 0 saturated carbocycles. The molecule has 3 aromatic carbocycles. The number of ketones is 1. The van der Waals surface area contributed by atoms with Crippen molar-refractivity contribution in [1.29, 1.82) is 0 Å². The minimum absolute atomic E-state index is 0.0106. The third kappa shape index (κ3) is 14.4. The summed E-state index contributed by atoms with van der Waals surface area (Å²) >= 11 is 0. The zero-order valence-electron chi connectivity index (χ0n) is 48.0. The minimum Gasteiger partial charge on any atom is -0.493 e. The van der Waals surface area contributed by atoms with Crippen LogP contribution in [0.5, 0.6) is 11.5 Å². The number of para-hydroxylation sites is 2. The Morgan fingerprint density at radius 1 is 0.583 bits per heavy atom. The van der Waals surface area contributed by atoms with Crippen LogP contribution in [0.3, 0.4) is 0 Å². The molecule has 4 fully saturated rings. The third-order valence-corrected chi connectivity index (χ3v) is 21.4. The molecule has 24 heteroatoms. The summed E-state index contributed by atoms with van der Waals surface area (Å²) in [7, 11) is -5.03. The van der Waals surface area contributed by atoms with Gasteiger partial charge in [0.1, 0.15) is 55.1 Å². The van der Waals surface area contributed by atoms with Gasteiger partial charge in [-0.1, -0.05) is 50.2 Å². The lowest BCUT2D eigenvalue weighted by Crippen LogP contribution is -2.57. The van der Waals surface area contributed by atoms with Gasteiger partial charge in [0.05, 0.1) is 54.4 Å². The molecule has 0 bridgehead atoms. The zero-order chi connectivity index (χ0) is 60.0. The van der Waals surface area contributed by atoms with E-state index in [-0.39, 0.29) is 104 Å². The van der Waals surface area contributed by atoms with Gasteiger partial charge in [0.25, 0.3) is 11.8 Å². The van der Waals surface area contributed by atoms with Gasteiger partial charge in [-0.3, -0.25) is 38.4 Å². The molecule has 7 amide bonds. The number of likely N-dealkylation sites (tertiary alicyclic amines) is 2. The molecular formula is C60H78N8O14S2. The Bertz CT molecular complexity index is 2980. The molecule has 6 N–H and O–H groups in total. The molecule has 454 valence electrons. The van der Waals surface area contributed by atoms with E-state index in [1.165, 1.54) is 34.1 Å². The van der Waals surface area contributed by atoms with Gasteiger partial charge >= 0.3 is 0 Å². The fourth-order valence-corrected chi connectivity index (χ4v) is 15.6. The largest absolute Gasteiger partial charge is 0.493 e. The summed E-state index contributed by atoms with van der Waals surface area (Å²) in [5, 5.41) is 18.0. The predicted molar refractivity (Wildman–Crippen MR) is 310 cm³/mol. The van der Waals surface area contributed by atoms with E-state index in [2.05, 4.69) is 31.9 Å². The summed E-state index contributed by atoms with van der Waals surface area (Å²) in [6.45, 7) is 5.76. The molecular weight excluding hydrogens is 1120 g/mol. The van der Waals surface area contributed by atoms with Gasteiger partial charge in [-0.05, 0) is 107 Å². The Labute approximate surface area is 490 Å². The second-order valence-corrected chi connectivity index (χ2v) is 28.0. The standard InChI is InChI=1S/C60H78N8O14S2/c1-5-35(2)54(70)66-53(38-22-28-84(79,80)29-23-38)60(76)68-34-42(31-49(68)58(74)65-47-19-25-82-52-13-9-7-11-44(47)52)63-56(72)40-16-14-39(15-17-40)55(71)62-41-30-48(57(73)64-46-18-24-81-51-12-8-6-10-43(46)51)67(33-41)59(75)45(32-50(69)36(3)61-4)37-20-26-83(77,78)27-21-37/h6-17,35-38,41-42,45-49,53,61H,5,18-34H2,1-4H3,(H,62,71)(H,63,72)(H,64,73)(H,65,74)(H,66,70)/t35-,36+,41+,42+,45+,46-,47-,48+,49+,53+/m1/s1. The van der Waals surface area contributed by atoms with Gasteiger partial charge in [0.2, 0.25) is 29.5 Å². The van der Waals surface area contributed by atoms with E-state index in [9.17, 15) is 55.2 Å². The average Bonchev–Trinajstić information content (AvgIpc) is 4.18. The van der Waals surface area contributed by atoms with Gasteiger partial charge in [0, 0.05) is 78.5 Å². The van der Waals surface area contributed by atoms with E-state index >= 15 is 0 Å². The number of likely N-dealkylation sites (N-methyl/N-ethyl adjacent to an activating group) is 1. The van der Waals surface area contributed by atoms with Crippen LogP contribution in [0.4, 0.5) is 0 Å². The maximum atomic E-state index is 15.0. The molecule has 0 aromatic heterocycles. The summed E-state index contributed by atoms with van der Waals surface area (Å²) in [6.07, 6.45) is 1.92. The van der Waals surface area contributed by atoms with Gasteiger partial charge in [-0.25, -0.2) is 16.8 Å². The number of nitrogens with zero attached hydrogens (tertiary/aromatic N) is 2. The van der Waals surface area contributed by atoms with Crippen LogP contribution in [0.2, 0.25) is 0 Å². The topological polar surface area (TPSA) is 302 Å². The highest BCUT2D eigenvalue weighted by atomic mass is 32.2. The van der Waals surface area contributed by atoms with Crippen molar-refractivity contribution < 1.29 is 64.7 Å². The van der Waals surface area contributed by atoms with Crippen molar-refractivity contribution >= 4 is 66.8 Å². The third-order valence-electron chi connectivity index (χ3n) is 17.9. The second kappa shape index (κ2) is 26.6. The van der Waals surface area contributed by atoms with Crippen LogP contribution >= 0.6 is 0 Å². The average molecular weight is 1200 g/mol. The molecule has 0 unspecified atom stereocenters. The lowest BCUT2D eigenvalue weighted by Gasteiger charge is -2.35. The monoisotopic (exact) mass is 1200 g/mol. The zero-order valence-corrected chi connectivity index (χ0v) is 49.6. The van der Waals surface area contributed by atoms with Crippen molar-refractivity contribution in [3.05, 3.63) is 95.1 Å². The van der Waals surface area contributed by atoms with Crippen LogP contribution in [0.25, 0.3) is 0 Å². The maximum Gasteiger partial charge on any atom is 0.251 e. The number of fused-ring (bicyclic) bond motifs is 2. The minimum atomic E-state index is -3.34. The highest BCUT2D eigenvalue weighted by Crippen LogP contribution is 2.37. The number of ether oxygens (including phenoxy) is 2. The van der Waals surface area contributed by atoms with Gasteiger partial charge < -0.3 is 51.2 Å². The van der Waals surface area contributed by atoms with E-state index in [0.29, 0.717) is 44.0 Å². The highest BCUT2D eigenvalue weighted by Gasteiger charge is 2.48. The van der Waals surface area contributed by atoms with E-state index in [4.69, 9.17) is 9.47 Å². The van der Waals surface area contributed by atoms with Gasteiger partial charge in [-0.15, -0.1) is 0 Å². The fourth-order valence-electron chi connectivity index (χ4n) is 12.5. The SMILES string of the molecule is CC[C@@H](C)C(=O)N[C@H](C(=O)N1C[C@@H](NC(=O)c2ccc(C(=O)N[C@H]3C[C@@H](C(=O)N[C@@H]4CCOc5ccccc54)N(C(=O)[C@@H](CC(=O)[C@H](C)NC)C4CCS(=O)(=O)CC4)C3)cc2)C[C@H]1C(=O)N[C@@H]1CCOc2ccccc21)C1CCS(=O)(=O)CC1. The molecule has 6 aliphatic heterocycles. The Morgan fingerprint density at radius 3 is 1.48 bits per heavy atom. The summed E-state index contributed by atoms with van der Waals surface area (Å²) < 4.78 is 61.8. The summed E-state index contributed by atoms with van der Waals surface area (Å²) in [4.78, 5) is 117. The first-order valence-electron chi connectivity index (χ1n) is 29.4. The number of carbonyl (C=O) groups excluding carboxylic acids is 8. The molecule has 0 spiro atoms. The second-order valence-electron chi connectivity index (χ2n) is 23.4.